The second kappa shape index (κ2) is 15.0. The van der Waals surface area contributed by atoms with Crippen molar-refractivity contribution in [3.63, 3.8) is 0 Å². The van der Waals surface area contributed by atoms with Gasteiger partial charge in [0, 0.05) is 27.4 Å². The third-order valence-electron chi connectivity index (χ3n) is 3.89. The molecule has 0 aliphatic carbocycles. The summed E-state index contributed by atoms with van der Waals surface area (Å²) in [5.41, 5.74) is 6.76. The highest BCUT2D eigenvalue weighted by molar-refractivity contribution is 8.26. The molecular weight excluding hydrogens is 467 g/mol. The van der Waals surface area contributed by atoms with Crippen LogP contribution in [-0.2, 0) is 18.8 Å². The minimum atomic E-state index is -1.67. The van der Waals surface area contributed by atoms with Gasteiger partial charge in [-0.25, -0.2) is 9.00 Å². The molecule has 0 aromatic heterocycles. The van der Waals surface area contributed by atoms with Crippen molar-refractivity contribution in [2.45, 2.75) is 27.7 Å². The summed E-state index contributed by atoms with van der Waals surface area (Å²) in [4.78, 5) is 20.7. The number of carbonyl (C=O) groups excluding carboxylic acids is 1. The third kappa shape index (κ3) is 14.1. The van der Waals surface area contributed by atoms with Crippen LogP contribution >= 0.6 is 33.0 Å². The Morgan fingerprint density at radius 2 is 1.17 bits per heavy atom. The SMILES string of the molecule is Cc1ccc(/C=C/C(=O)Cl)cc1C.Cc1ccc(/C=C/C(=O)O)cc1C.O=S(Cl)Cl. The fraction of sp³-hybridized carbons (Fsp3) is 0.182. The number of rotatable bonds is 4. The lowest BCUT2D eigenvalue weighted by molar-refractivity contribution is -0.131. The second-order valence-corrected chi connectivity index (χ2v) is 9.08. The topological polar surface area (TPSA) is 71.4 Å². The van der Waals surface area contributed by atoms with Gasteiger partial charge in [-0.3, -0.25) is 4.79 Å². The van der Waals surface area contributed by atoms with Crippen molar-refractivity contribution >= 4 is 65.6 Å². The molecule has 0 unspecified atom stereocenters. The first-order chi connectivity index (χ1) is 13.9. The van der Waals surface area contributed by atoms with Crippen molar-refractivity contribution in [3.8, 4) is 0 Å². The minimum Gasteiger partial charge on any atom is -0.478 e. The van der Waals surface area contributed by atoms with E-state index >= 15 is 0 Å². The van der Waals surface area contributed by atoms with Crippen LogP contribution in [0.3, 0.4) is 0 Å². The maximum absolute atomic E-state index is 10.4. The summed E-state index contributed by atoms with van der Waals surface area (Å²) in [5, 5.41) is 7.97. The van der Waals surface area contributed by atoms with E-state index in [9.17, 15) is 9.59 Å². The number of hydrogen-bond acceptors (Lipinski definition) is 3. The Morgan fingerprint density at radius 1 is 0.800 bits per heavy atom. The van der Waals surface area contributed by atoms with Crippen LogP contribution in [0.4, 0.5) is 0 Å². The molecule has 8 heteroatoms. The van der Waals surface area contributed by atoms with Gasteiger partial charge in [0.1, 0.15) is 0 Å². The number of carbonyl (C=O) groups is 2. The molecule has 4 nitrogen and oxygen atoms in total. The zero-order chi connectivity index (χ0) is 23.3. The van der Waals surface area contributed by atoms with Crippen molar-refractivity contribution in [1.82, 2.24) is 0 Å². The van der Waals surface area contributed by atoms with Crippen LogP contribution in [0.5, 0.6) is 0 Å². The van der Waals surface area contributed by atoms with Gasteiger partial charge in [0.2, 0.25) is 14.5 Å². The molecule has 0 heterocycles. The molecule has 0 spiro atoms. The Kier molecular flexibility index (Phi) is 14.0. The smallest absolute Gasteiger partial charge is 0.328 e. The van der Waals surface area contributed by atoms with E-state index in [1.807, 2.05) is 57.2 Å². The molecule has 0 saturated heterocycles. The summed E-state index contributed by atoms with van der Waals surface area (Å²) in [5.74, 6) is -0.918. The average Bonchev–Trinajstić information content (AvgIpc) is 2.63. The van der Waals surface area contributed by atoms with Crippen molar-refractivity contribution in [3.05, 3.63) is 81.9 Å². The molecule has 0 aliphatic rings. The first kappa shape index (κ1) is 28.1. The highest BCUT2D eigenvalue weighted by Crippen LogP contribution is 2.11. The number of aryl methyl sites for hydroxylation is 4. The quantitative estimate of drug-likeness (QED) is 0.392. The highest BCUT2D eigenvalue weighted by atomic mass is 36.0. The fourth-order valence-corrected chi connectivity index (χ4v) is 2.13. The van der Waals surface area contributed by atoms with E-state index in [1.54, 1.807) is 12.2 Å². The Morgan fingerprint density at radius 3 is 1.47 bits per heavy atom. The molecule has 2 aromatic rings. The van der Waals surface area contributed by atoms with Crippen molar-refractivity contribution in [2.24, 2.45) is 0 Å². The van der Waals surface area contributed by atoms with Crippen LogP contribution in [0.15, 0.2) is 48.6 Å². The van der Waals surface area contributed by atoms with Gasteiger partial charge in [-0.05, 0) is 84.8 Å². The fourth-order valence-electron chi connectivity index (χ4n) is 2.07. The number of allylic oxidation sites excluding steroid dienone is 1. The molecule has 0 fully saturated rings. The van der Waals surface area contributed by atoms with Crippen molar-refractivity contribution in [1.29, 1.82) is 0 Å². The lowest BCUT2D eigenvalue weighted by Crippen LogP contribution is -1.86. The van der Waals surface area contributed by atoms with Gasteiger partial charge in [-0.2, -0.15) is 0 Å². The summed E-state index contributed by atoms with van der Waals surface area (Å²) < 4.78 is 9.09. The van der Waals surface area contributed by atoms with Crippen LogP contribution in [0, 0.1) is 27.7 Å². The normalized spacial score (nSPS) is 10.4. The average molecular weight is 490 g/mol. The molecule has 0 bridgehead atoms. The number of carboxylic acids is 1. The zero-order valence-electron chi connectivity index (χ0n) is 17.0. The summed E-state index contributed by atoms with van der Waals surface area (Å²) in [6.07, 6.45) is 5.80. The Hall–Kier alpha value is -1.92. The molecule has 2 rings (SSSR count). The first-order valence-electron chi connectivity index (χ1n) is 8.59. The van der Waals surface area contributed by atoms with E-state index in [4.69, 9.17) is 20.9 Å². The van der Waals surface area contributed by atoms with Gasteiger partial charge in [0.25, 0.3) is 0 Å². The van der Waals surface area contributed by atoms with Gasteiger partial charge >= 0.3 is 5.97 Å². The van der Waals surface area contributed by atoms with Gasteiger partial charge in [0.05, 0.1) is 0 Å². The lowest BCUT2D eigenvalue weighted by atomic mass is 10.1. The molecule has 162 valence electrons. The van der Waals surface area contributed by atoms with Gasteiger partial charge in [-0.1, -0.05) is 42.5 Å². The van der Waals surface area contributed by atoms with E-state index in [-0.39, 0.29) is 0 Å². The summed E-state index contributed by atoms with van der Waals surface area (Å²) in [6.45, 7) is 8.12. The minimum absolute atomic E-state index is 0.446. The molecule has 0 radical (unpaired) electrons. The lowest BCUT2D eigenvalue weighted by Gasteiger charge is -1.99. The Labute approximate surface area is 193 Å². The number of benzene rings is 2. The van der Waals surface area contributed by atoms with Crippen molar-refractivity contribution < 1.29 is 18.9 Å². The monoisotopic (exact) mass is 488 g/mol. The van der Waals surface area contributed by atoms with Crippen molar-refractivity contribution in [2.75, 3.05) is 0 Å². The largest absolute Gasteiger partial charge is 0.478 e. The van der Waals surface area contributed by atoms with Gasteiger partial charge in [-0.15, -0.1) is 0 Å². The maximum Gasteiger partial charge on any atom is 0.328 e. The van der Waals surface area contributed by atoms with Gasteiger partial charge < -0.3 is 5.11 Å². The predicted octanol–water partition coefficient (Wildman–Crippen LogP) is 6.53. The standard InChI is InChI=1S/C11H11ClO.C11H12O2.Cl2OS/c2*1-8-3-4-10(7-9(8)2)5-6-11(12)13;1-4(2)3/h3-7H,1-2H3;3-7H,1-2H3,(H,12,13);/b2*6-5+;. The number of hydrogen-bond donors (Lipinski definition) is 1. The number of carboxylic acid groups (broad SMARTS) is 1. The van der Waals surface area contributed by atoms with Crippen LogP contribution in [-0.4, -0.2) is 20.5 Å². The number of halogens is 3. The van der Waals surface area contributed by atoms with Crippen LogP contribution in [0.25, 0.3) is 12.2 Å². The summed E-state index contributed by atoms with van der Waals surface area (Å²) >= 11 is 5.17. The molecule has 2 aromatic carbocycles. The Balaban J connectivity index is 0.000000477. The second-order valence-electron chi connectivity index (χ2n) is 6.18. The Bertz CT molecular complexity index is 878. The summed E-state index contributed by atoms with van der Waals surface area (Å²) in [7, 11) is 7.36. The van der Waals surface area contributed by atoms with E-state index in [0.29, 0.717) is 0 Å². The zero-order valence-corrected chi connectivity index (χ0v) is 20.1. The highest BCUT2D eigenvalue weighted by Gasteiger charge is 1.94. The molecule has 1 N–H and O–H groups in total. The maximum atomic E-state index is 10.4. The number of aliphatic carboxylic acids is 1. The van der Waals surface area contributed by atoms with E-state index in [2.05, 4.69) is 28.3 Å². The molecule has 0 atom stereocenters. The van der Waals surface area contributed by atoms with Crippen LogP contribution in [0.1, 0.15) is 33.4 Å². The van der Waals surface area contributed by atoms with Crippen LogP contribution < -0.4 is 0 Å². The van der Waals surface area contributed by atoms with Gasteiger partial charge in [0.15, 0.2) is 0 Å². The molecule has 0 saturated carbocycles. The third-order valence-corrected chi connectivity index (χ3v) is 4.01. The molecule has 30 heavy (non-hydrogen) atoms. The van der Waals surface area contributed by atoms with E-state index < -0.39 is 20.4 Å². The van der Waals surface area contributed by atoms with Crippen LogP contribution in [0.2, 0.25) is 0 Å². The molecule has 0 amide bonds. The van der Waals surface area contributed by atoms with E-state index in [1.165, 1.54) is 28.3 Å². The molecular formula is C22H23Cl3O4S. The first-order valence-corrected chi connectivity index (χ1v) is 11.8. The van der Waals surface area contributed by atoms with E-state index in [0.717, 1.165) is 17.2 Å². The molecule has 0 aliphatic heterocycles. The predicted molar refractivity (Wildman–Crippen MR) is 128 cm³/mol. The summed E-state index contributed by atoms with van der Waals surface area (Å²) in [6, 6.07) is 11.9.